The third-order valence-corrected chi connectivity index (χ3v) is 3.89. The lowest BCUT2D eigenvalue weighted by Crippen LogP contribution is -2.44. The van der Waals surface area contributed by atoms with E-state index in [1.807, 2.05) is 11.8 Å². The minimum Gasteiger partial charge on any atom is -0.339 e. The van der Waals surface area contributed by atoms with E-state index in [0.717, 1.165) is 38.9 Å². The lowest BCUT2D eigenvalue weighted by molar-refractivity contribution is -0.135. The second kappa shape index (κ2) is 7.38. The average molecular weight is 279 g/mol. The highest BCUT2D eigenvalue weighted by Crippen LogP contribution is 2.13. The summed E-state index contributed by atoms with van der Waals surface area (Å²) in [5.74, 6) is 0.137. The molecule has 1 N–H and O–H groups in total. The van der Waals surface area contributed by atoms with E-state index in [0.29, 0.717) is 6.04 Å². The standard InChI is InChI=1S/C14H25N5O/c1-3-4-8-18(9-13-6-5-7-16-13)14(20)12(2)19-11-15-10-17-19/h10-13,16H,3-9H2,1-2H3. The number of carbonyl (C=O) groups is 1. The van der Waals surface area contributed by atoms with Crippen molar-refractivity contribution in [2.24, 2.45) is 0 Å². The highest BCUT2D eigenvalue weighted by Gasteiger charge is 2.25. The summed E-state index contributed by atoms with van der Waals surface area (Å²) < 4.78 is 1.63. The van der Waals surface area contributed by atoms with E-state index >= 15 is 0 Å². The van der Waals surface area contributed by atoms with Gasteiger partial charge in [-0.25, -0.2) is 9.67 Å². The Hall–Kier alpha value is -1.43. The number of carbonyl (C=O) groups excluding carboxylic acids is 1. The molecule has 1 amide bonds. The first-order valence-corrected chi connectivity index (χ1v) is 7.58. The van der Waals surface area contributed by atoms with Gasteiger partial charge in [-0.1, -0.05) is 13.3 Å². The Bertz CT molecular complexity index is 400. The number of aromatic nitrogens is 3. The Morgan fingerprint density at radius 1 is 1.60 bits per heavy atom. The maximum atomic E-state index is 12.6. The maximum Gasteiger partial charge on any atom is 0.247 e. The van der Waals surface area contributed by atoms with Crippen LogP contribution >= 0.6 is 0 Å². The monoisotopic (exact) mass is 279 g/mol. The van der Waals surface area contributed by atoms with Gasteiger partial charge in [0, 0.05) is 19.1 Å². The summed E-state index contributed by atoms with van der Waals surface area (Å²) in [6.45, 7) is 6.74. The molecule has 2 atom stereocenters. The first kappa shape index (κ1) is 15.0. The number of rotatable bonds is 7. The molecule has 112 valence electrons. The van der Waals surface area contributed by atoms with Gasteiger partial charge in [-0.05, 0) is 32.7 Å². The molecule has 0 radical (unpaired) electrons. The number of nitrogens with one attached hydrogen (secondary N) is 1. The predicted octanol–water partition coefficient (Wildman–Crippen LogP) is 1.22. The van der Waals surface area contributed by atoms with Crippen molar-refractivity contribution < 1.29 is 4.79 Å². The van der Waals surface area contributed by atoms with E-state index in [4.69, 9.17) is 0 Å². The molecule has 0 spiro atoms. The summed E-state index contributed by atoms with van der Waals surface area (Å²) in [4.78, 5) is 18.5. The molecular weight excluding hydrogens is 254 g/mol. The Morgan fingerprint density at radius 2 is 2.45 bits per heavy atom. The molecule has 2 heterocycles. The molecule has 0 aliphatic carbocycles. The Labute approximate surface area is 120 Å². The summed E-state index contributed by atoms with van der Waals surface area (Å²) in [5, 5.41) is 7.54. The van der Waals surface area contributed by atoms with Gasteiger partial charge in [-0.15, -0.1) is 0 Å². The van der Waals surface area contributed by atoms with Crippen molar-refractivity contribution in [2.45, 2.75) is 51.6 Å². The minimum atomic E-state index is -0.282. The molecule has 0 aromatic carbocycles. The Kier molecular flexibility index (Phi) is 5.52. The van der Waals surface area contributed by atoms with Crippen LogP contribution in [0, 0.1) is 0 Å². The van der Waals surface area contributed by atoms with E-state index in [1.54, 1.807) is 11.0 Å². The summed E-state index contributed by atoms with van der Waals surface area (Å²) >= 11 is 0. The quantitative estimate of drug-likeness (QED) is 0.815. The summed E-state index contributed by atoms with van der Waals surface area (Å²) in [6.07, 6.45) is 7.59. The van der Waals surface area contributed by atoms with Crippen LogP contribution in [-0.2, 0) is 4.79 Å². The third-order valence-electron chi connectivity index (χ3n) is 3.89. The van der Waals surface area contributed by atoms with Crippen LogP contribution in [0.1, 0.15) is 45.6 Å². The third kappa shape index (κ3) is 3.79. The molecule has 1 fully saturated rings. The van der Waals surface area contributed by atoms with Crippen LogP contribution in [0.2, 0.25) is 0 Å². The van der Waals surface area contributed by atoms with Gasteiger partial charge in [-0.3, -0.25) is 4.79 Å². The molecular formula is C14H25N5O. The van der Waals surface area contributed by atoms with Gasteiger partial charge in [0.05, 0.1) is 0 Å². The van der Waals surface area contributed by atoms with Gasteiger partial charge < -0.3 is 10.2 Å². The van der Waals surface area contributed by atoms with E-state index in [9.17, 15) is 4.79 Å². The van der Waals surface area contributed by atoms with E-state index in [-0.39, 0.29) is 11.9 Å². The molecule has 6 nitrogen and oxygen atoms in total. The first-order chi connectivity index (χ1) is 9.72. The molecule has 0 saturated carbocycles. The molecule has 2 rings (SSSR count). The predicted molar refractivity (Wildman–Crippen MR) is 77.2 cm³/mol. The van der Waals surface area contributed by atoms with E-state index in [2.05, 4.69) is 22.3 Å². The van der Waals surface area contributed by atoms with Crippen molar-refractivity contribution in [3.63, 3.8) is 0 Å². The van der Waals surface area contributed by atoms with Crippen LogP contribution < -0.4 is 5.32 Å². The van der Waals surface area contributed by atoms with Gasteiger partial charge in [-0.2, -0.15) is 5.10 Å². The molecule has 0 bridgehead atoms. The molecule has 6 heteroatoms. The summed E-state index contributed by atoms with van der Waals surface area (Å²) in [5.41, 5.74) is 0. The van der Waals surface area contributed by atoms with Gasteiger partial charge in [0.2, 0.25) is 5.91 Å². The van der Waals surface area contributed by atoms with Gasteiger partial charge in [0.25, 0.3) is 0 Å². The van der Waals surface area contributed by atoms with Crippen molar-refractivity contribution in [3.05, 3.63) is 12.7 Å². The fraction of sp³-hybridized carbons (Fsp3) is 0.786. The number of nitrogens with zero attached hydrogens (tertiary/aromatic N) is 4. The van der Waals surface area contributed by atoms with Crippen LogP contribution in [0.15, 0.2) is 12.7 Å². The van der Waals surface area contributed by atoms with E-state index in [1.165, 1.54) is 12.7 Å². The van der Waals surface area contributed by atoms with Crippen LogP contribution in [0.5, 0.6) is 0 Å². The Balaban J connectivity index is 1.98. The average Bonchev–Trinajstić information content (AvgIpc) is 3.14. The lowest BCUT2D eigenvalue weighted by Gasteiger charge is -2.28. The Morgan fingerprint density at radius 3 is 3.05 bits per heavy atom. The van der Waals surface area contributed by atoms with Gasteiger partial charge in [0.15, 0.2) is 0 Å². The normalized spacial score (nSPS) is 20.0. The molecule has 1 saturated heterocycles. The maximum absolute atomic E-state index is 12.6. The second-order valence-corrected chi connectivity index (χ2v) is 5.48. The van der Waals surface area contributed by atoms with Crippen LogP contribution in [0.3, 0.4) is 0 Å². The smallest absolute Gasteiger partial charge is 0.247 e. The highest BCUT2D eigenvalue weighted by molar-refractivity contribution is 5.80. The second-order valence-electron chi connectivity index (χ2n) is 5.48. The number of unbranched alkanes of at least 4 members (excludes halogenated alkanes) is 1. The molecule has 1 aliphatic rings. The SMILES string of the molecule is CCCCN(CC1CCCN1)C(=O)C(C)n1cncn1. The summed E-state index contributed by atoms with van der Waals surface area (Å²) in [6, 6.07) is 0.162. The topological polar surface area (TPSA) is 63.1 Å². The van der Waals surface area contributed by atoms with Crippen LogP contribution in [-0.4, -0.2) is 51.2 Å². The van der Waals surface area contributed by atoms with Crippen molar-refractivity contribution in [1.82, 2.24) is 25.0 Å². The zero-order valence-electron chi connectivity index (χ0n) is 12.5. The van der Waals surface area contributed by atoms with Crippen molar-refractivity contribution in [1.29, 1.82) is 0 Å². The van der Waals surface area contributed by atoms with Crippen molar-refractivity contribution in [2.75, 3.05) is 19.6 Å². The van der Waals surface area contributed by atoms with Crippen molar-refractivity contribution >= 4 is 5.91 Å². The summed E-state index contributed by atoms with van der Waals surface area (Å²) in [7, 11) is 0. The molecule has 1 aromatic heterocycles. The fourth-order valence-electron chi connectivity index (χ4n) is 2.61. The molecule has 2 unspecified atom stereocenters. The minimum absolute atomic E-state index is 0.137. The number of hydrogen-bond acceptors (Lipinski definition) is 4. The van der Waals surface area contributed by atoms with E-state index < -0.39 is 0 Å². The zero-order chi connectivity index (χ0) is 14.4. The molecule has 20 heavy (non-hydrogen) atoms. The van der Waals surface area contributed by atoms with Gasteiger partial charge in [0.1, 0.15) is 18.7 Å². The fourth-order valence-corrected chi connectivity index (χ4v) is 2.61. The zero-order valence-corrected chi connectivity index (χ0v) is 12.5. The van der Waals surface area contributed by atoms with Gasteiger partial charge >= 0.3 is 0 Å². The molecule has 1 aromatic rings. The van der Waals surface area contributed by atoms with Crippen molar-refractivity contribution in [3.8, 4) is 0 Å². The molecule has 1 aliphatic heterocycles. The number of hydrogen-bond donors (Lipinski definition) is 1. The number of amides is 1. The first-order valence-electron chi connectivity index (χ1n) is 7.58. The highest BCUT2D eigenvalue weighted by atomic mass is 16.2. The van der Waals surface area contributed by atoms with Crippen LogP contribution in [0.25, 0.3) is 0 Å². The lowest BCUT2D eigenvalue weighted by atomic mass is 10.2. The van der Waals surface area contributed by atoms with Crippen LogP contribution in [0.4, 0.5) is 0 Å². The largest absolute Gasteiger partial charge is 0.339 e.